The van der Waals surface area contributed by atoms with Gasteiger partial charge in [-0.2, -0.15) is 4.98 Å². The Balaban J connectivity index is 1.91. The number of benzene rings is 2. The molecule has 126 valence electrons. The number of carbonyl (C=O) groups excluding carboxylic acids is 1. The minimum Gasteiger partial charge on any atom is -0.388 e. The first kappa shape index (κ1) is 16.3. The number of aromatic nitrogens is 1. The zero-order chi connectivity index (χ0) is 17.8. The van der Waals surface area contributed by atoms with Gasteiger partial charge in [-0.3, -0.25) is 0 Å². The van der Waals surface area contributed by atoms with E-state index in [4.69, 9.17) is 10.2 Å². The van der Waals surface area contributed by atoms with E-state index in [0.717, 1.165) is 5.56 Å². The summed E-state index contributed by atoms with van der Waals surface area (Å²) in [7, 11) is 0. The molecule has 0 aliphatic rings. The molecular weight excluding hydrogens is 320 g/mol. The highest BCUT2D eigenvalue weighted by molar-refractivity contribution is 5.94. The number of urea groups is 1. The van der Waals surface area contributed by atoms with Crippen LogP contribution in [0.2, 0.25) is 0 Å². The second-order valence-corrected chi connectivity index (χ2v) is 5.32. The molecule has 7 heteroatoms. The lowest BCUT2D eigenvalue weighted by atomic mass is 10.1. The second kappa shape index (κ2) is 6.88. The van der Waals surface area contributed by atoms with Crippen LogP contribution >= 0.6 is 0 Å². The number of nitrogens with zero attached hydrogens (tertiary/aromatic N) is 1. The Hall–Kier alpha value is -3.61. The summed E-state index contributed by atoms with van der Waals surface area (Å²) < 4.78 is 5.20. The monoisotopic (exact) mass is 336 g/mol. The molecule has 2 aromatic carbocycles. The Morgan fingerprint density at radius 1 is 1.20 bits per heavy atom. The first-order valence-electron chi connectivity index (χ1n) is 7.53. The van der Waals surface area contributed by atoms with Gasteiger partial charge in [0.25, 0.3) is 0 Å². The number of anilines is 2. The number of fused-ring (bicyclic) bond motifs is 1. The Morgan fingerprint density at radius 2 is 1.96 bits per heavy atom. The van der Waals surface area contributed by atoms with E-state index in [9.17, 15) is 9.59 Å². The summed E-state index contributed by atoms with van der Waals surface area (Å²) in [5, 5.41) is 5.60. The molecule has 0 bridgehead atoms. The third-order valence-corrected chi connectivity index (χ3v) is 3.60. The number of primary amides is 1. The number of hydrogen-bond donors (Lipinski definition) is 3. The van der Waals surface area contributed by atoms with Crippen LogP contribution in [0.5, 0.6) is 0 Å². The molecule has 25 heavy (non-hydrogen) atoms. The van der Waals surface area contributed by atoms with Gasteiger partial charge >= 0.3 is 17.7 Å². The summed E-state index contributed by atoms with van der Waals surface area (Å²) in [5.41, 5.74) is 7.01. The molecule has 3 rings (SSSR count). The van der Waals surface area contributed by atoms with E-state index in [1.165, 1.54) is 0 Å². The van der Waals surface area contributed by atoms with Gasteiger partial charge in [0.15, 0.2) is 0 Å². The zero-order valence-corrected chi connectivity index (χ0v) is 13.4. The summed E-state index contributed by atoms with van der Waals surface area (Å²) in [6, 6.07) is 12.3. The summed E-state index contributed by atoms with van der Waals surface area (Å²) in [4.78, 5) is 27.6. The van der Waals surface area contributed by atoms with Crippen LogP contribution in [-0.2, 0) is 0 Å². The van der Waals surface area contributed by atoms with Crippen molar-refractivity contribution in [3.05, 3.63) is 70.2 Å². The first-order valence-corrected chi connectivity index (χ1v) is 7.53. The third kappa shape index (κ3) is 3.66. The topological polar surface area (TPSA) is 110 Å². The molecule has 0 saturated heterocycles. The molecule has 0 atom stereocenters. The second-order valence-electron chi connectivity index (χ2n) is 5.32. The highest BCUT2D eigenvalue weighted by Gasteiger charge is 2.12. The van der Waals surface area contributed by atoms with Crippen molar-refractivity contribution >= 4 is 34.7 Å². The lowest BCUT2D eigenvalue weighted by Gasteiger charge is -2.08. The van der Waals surface area contributed by atoms with Crippen LogP contribution in [0.3, 0.4) is 0 Å². The van der Waals surface area contributed by atoms with Gasteiger partial charge in [-0.1, -0.05) is 30.3 Å². The minimum atomic E-state index is -0.705. The highest BCUT2D eigenvalue weighted by atomic mass is 16.4. The molecule has 2 amide bonds. The van der Waals surface area contributed by atoms with Gasteiger partial charge in [0.1, 0.15) is 0 Å². The minimum absolute atomic E-state index is 0.0830. The third-order valence-electron chi connectivity index (χ3n) is 3.60. The summed E-state index contributed by atoms with van der Waals surface area (Å²) in [6.45, 7) is 1.69. The van der Waals surface area contributed by atoms with Crippen molar-refractivity contribution in [3.63, 3.8) is 0 Å². The maximum Gasteiger partial charge on any atom is 0.348 e. The molecule has 0 fully saturated rings. The summed E-state index contributed by atoms with van der Waals surface area (Å²) in [5.74, 6) is 0. The lowest BCUT2D eigenvalue weighted by Crippen LogP contribution is -2.20. The standard InChI is InChI=1S/C18H16N4O3/c1-11-13(21-17(19)24)7-8-14-15(11)16(23)25-18(22-14)20-10-9-12-5-3-2-4-6-12/h2-10H,1H3,(H,20,22)(H3,19,21,24). The van der Waals surface area contributed by atoms with E-state index < -0.39 is 11.7 Å². The van der Waals surface area contributed by atoms with Crippen molar-refractivity contribution in [2.45, 2.75) is 6.92 Å². The highest BCUT2D eigenvalue weighted by Crippen LogP contribution is 2.22. The van der Waals surface area contributed by atoms with Gasteiger partial charge in [-0.05, 0) is 36.3 Å². The van der Waals surface area contributed by atoms with Crippen LogP contribution in [0, 0.1) is 6.92 Å². The van der Waals surface area contributed by atoms with Gasteiger partial charge < -0.3 is 20.8 Å². The molecule has 0 spiro atoms. The predicted octanol–water partition coefficient (Wildman–Crippen LogP) is 3.07. The lowest BCUT2D eigenvalue weighted by molar-refractivity contribution is 0.259. The molecular formula is C18H16N4O3. The fourth-order valence-corrected chi connectivity index (χ4v) is 2.42. The normalized spacial score (nSPS) is 10.9. The molecule has 0 aliphatic heterocycles. The Morgan fingerprint density at radius 3 is 2.68 bits per heavy atom. The molecule has 1 heterocycles. The smallest absolute Gasteiger partial charge is 0.348 e. The van der Waals surface area contributed by atoms with Gasteiger partial charge in [0.05, 0.1) is 10.9 Å². The summed E-state index contributed by atoms with van der Waals surface area (Å²) >= 11 is 0. The van der Waals surface area contributed by atoms with Crippen LogP contribution in [-0.4, -0.2) is 11.0 Å². The number of nitrogens with two attached hydrogens (primary N) is 1. The molecule has 4 N–H and O–H groups in total. The molecule has 1 aromatic heterocycles. The average Bonchev–Trinajstić information content (AvgIpc) is 2.58. The van der Waals surface area contributed by atoms with E-state index in [0.29, 0.717) is 22.2 Å². The van der Waals surface area contributed by atoms with Crippen molar-refractivity contribution in [2.24, 2.45) is 5.73 Å². The summed E-state index contributed by atoms with van der Waals surface area (Å²) in [6.07, 6.45) is 3.47. The quantitative estimate of drug-likeness (QED) is 0.678. The van der Waals surface area contributed by atoms with E-state index in [2.05, 4.69) is 15.6 Å². The number of carbonyl (C=O) groups is 1. The molecule has 0 aliphatic carbocycles. The first-order chi connectivity index (χ1) is 12.0. The van der Waals surface area contributed by atoms with Crippen LogP contribution in [0.15, 0.2) is 57.9 Å². The van der Waals surface area contributed by atoms with E-state index >= 15 is 0 Å². The van der Waals surface area contributed by atoms with Crippen molar-refractivity contribution in [3.8, 4) is 0 Å². The van der Waals surface area contributed by atoms with Crippen molar-refractivity contribution in [2.75, 3.05) is 10.6 Å². The molecule has 0 radical (unpaired) electrons. The predicted molar refractivity (Wildman–Crippen MR) is 97.3 cm³/mol. The number of amides is 2. The van der Waals surface area contributed by atoms with Gasteiger partial charge in [0.2, 0.25) is 0 Å². The number of hydrogen-bond acceptors (Lipinski definition) is 5. The number of rotatable bonds is 4. The van der Waals surface area contributed by atoms with Crippen LogP contribution in [0.4, 0.5) is 16.5 Å². The van der Waals surface area contributed by atoms with Crippen LogP contribution in [0.25, 0.3) is 17.0 Å². The van der Waals surface area contributed by atoms with Gasteiger partial charge in [-0.25, -0.2) is 9.59 Å². The van der Waals surface area contributed by atoms with E-state index in [1.807, 2.05) is 36.4 Å². The zero-order valence-electron chi connectivity index (χ0n) is 13.4. The maximum absolute atomic E-state index is 12.3. The molecule has 3 aromatic rings. The number of nitrogens with one attached hydrogen (secondary N) is 2. The van der Waals surface area contributed by atoms with Crippen LogP contribution < -0.4 is 22.0 Å². The number of aryl methyl sites for hydroxylation is 1. The Kier molecular flexibility index (Phi) is 4.47. The molecule has 0 saturated carbocycles. The Labute approximate surface area is 143 Å². The van der Waals surface area contributed by atoms with Crippen molar-refractivity contribution in [1.82, 2.24) is 4.98 Å². The van der Waals surface area contributed by atoms with E-state index in [-0.39, 0.29) is 6.01 Å². The fraction of sp³-hybridized carbons (Fsp3) is 0.0556. The fourth-order valence-electron chi connectivity index (χ4n) is 2.42. The Bertz CT molecular complexity index is 1010. The largest absolute Gasteiger partial charge is 0.388 e. The average molecular weight is 336 g/mol. The molecule has 0 unspecified atom stereocenters. The van der Waals surface area contributed by atoms with Crippen molar-refractivity contribution in [1.29, 1.82) is 0 Å². The van der Waals surface area contributed by atoms with Crippen LogP contribution in [0.1, 0.15) is 11.1 Å². The maximum atomic E-state index is 12.3. The molecule has 7 nitrogen and oxygen atoms in total. The van der Waals surface area contributed by atoms with Crippen molar-refractivity contribution < 1.29 is 9.21 Å². The SMILES string of the molecule is Cc1c(NC(N)=O)ccc2nc(NC=Cc3ccccc3)oc(=O)c12. The van der Waals surface area contributed by atoms with E-state index in [1.54, 1.807) is 25.3 Å². The van der Waals surface area contributed by atoms with Gasteiger partial charge in [0, 0.05) is 11.9 Å². The van der Waals surface area contributed by atoms with Gasteiger partial charge in [-0.15, -0.1) is 0 Å².